The number of hydrogen-bond acceptors (Lipinski definition) is 1. The molecular weight excluding hydrogens is 128 g/mol. The summed E-state index contributed by atoms with van der Waals surface area (Å²) in [6, 6.07) is 0. The Hall–Kier alpha value is 0.200. The summed E-state index contributed by atoms with van der Waals surface area (Å²) in [5, 5.41) is 5.53. The summed E-state index contributed by atoms with van der Waals surface area (Å²) in [7, 11) is 0. The quantitative estimate of drug-likeness (QED) is 0.496. The fourth-order valence-corrected chi connectivity index (χ4v) is 0.554. The second kappa shape index (κ2) is 4.36. The molecule has 2 heteroatoms. The van der Waals surface area contributed by atoms with Gasteiger partial charge in [0.2, 0.25) is 0 Å². The highest BCUT2D eigenvalue weighted by Crippen LogP contribution is 2.05. The van der Waals surface area contributed by atoms with Gasteiger partial charge in [0.25, 0.3) is 0 Å². The minimum absolute atomic E-state index is 0.561. The van der Waals surface area contributed by atoms with Crippen molar-refractivity contribution in [1.29, 1.82) is 0 Å². The highest BCUT2D eigenvalue weighted by molar-refractivity contribution is 8.04. The summed E-state index contributed by atoms with van der Waals surface area (Å²) < 4.78 is 0. The van der Waals surface area contributed by atoms with Crippen molar-refractivity contribution < 1.29 is 0 Å². The lowest BCUT2D eigenvalue weighted by atomic mass is 10.6. The second-order valence-electron chi connectivity index (χ2n) is 1.36. The van der Waals surface area contributed by atoms with E-state index in [1.54, 1.807) is 0 Å². The molecule has 0 aromatic heterocycles. The molecule has 0 spiro atoms. The first-order valence-electron chi connectivity index (χ1n) is 2.03. The van der Waals surface area contributed by atoms with Crippen LogP contribution in [0, 0.1) is 10.6 Å². The molecule has 40 valence electrons. The van der Waals surface area contributed by atoms with Crippen LogP contribution in [0.3, 0.4) is 0 Å². The summed E-state index contributed by atoms with van der Waals surface area (Å²) in [6.07, 6.45) is 0. The highest BCUT2D eigenvalue weighted by atomic mass is 35.5. The van der Waals surface area contributed by atoms with Crippen LogP contribution >= 0.6 is 23.4 Å². The molecule has 0 N–H and O–H groups in total. The zero-order valence-corrected chi connectivity index (χ0v) is 5.94. The van der Waals surface area contributed by atoms with Gasteiger partial charge in [0.15, 0.2) is 0 Å². The van der Waals surface area contributed by atoms with Gasteiger partial charge in [-0.25, -0.2) is 0 Å². The Kier molecular flexibility index (Phi) is 4.49. The van der Waals surface area contributed by atoms with E-state index >= 15 is 0 Å². The lowest BCUT2D eigenvalue weighted by Crippen LogP contribution is -1.79. The molecule has 0 aromatic carbocycles. The van der Waals surface area contributed by atoms with Crippen molar-refractivity contribution in [3.63, 3.8) is 0 Å². The van der Waals surface area contributed by atoms with Crippen molar-refractivity contribution in [3.8, 4) is 10.6 Å². The van der Waals surface area contributed by atoms with Crippen molar-refractivity contribution in [2.75, 3.05) is 0 Å². The van der Waals surface area contributed by atoms with Gasteiger partial charge in [-0.2, -0.15) is 0 Å². The predicted molar refractivity (Wildman–Crippen MR) is 36.4 cm³/mol. The molecule has 0 atom stereocenters. The molecule has 0 fully saturated rings. The van der Waals surface area contributed by atoms with Gasteiger partial charge < -0.3 is 0 Å². The lowest BCUT2D eigenvalue weighted by molar-refractivity contribution is 1.12. The van der Waals surface area contributed by atoms with Crippen LogP contribution in [-0.4, -0.2) is 5.25 Å². The number of halogens is 1. The molecule has 0 bridgehead atoms. The van der Waals surface area contributed by atoms with Crippen molar-refractivity contribution in [3.05, 3.63) is 0 Å². The van der Waals surface area contributed by atoms with E-state index < -0.39 is 0 Å². The molecule has 0 aromatic rings. The summed E-state index contributed by atoms with van der Waals surface area (Å²) in [6.45, 7) is 4.15. The molecule has 0 heterocycles. The Balaban J connectivity index is 3.08. The third kappa shape index (κ3) is 6.20. The summed E-state index contributed by atoms with van der Waals surface area (Å²) in [5.41, 5.74) is 0. The number of thioether (sulfide) groups is 1. The standard InChI is InChI=1S/C5H7ClS/c1-5(2)7-4-3-6/h5H,1-2H3. The minimum Gasteiger partial charge on any atom is -0.0710 e. The normalized spacial score (nSPS) is 8.00. The Morgan fingerprint density at radius 2 is 2.14 bits per heavy atom. The van der Waals surface area contributed by atoms with Gasteiger partial charge in [-0.15, -0.1) is 0 Å². The first-order chi connectivity index (χ1) is 3.27. The molecular formula is C5H7ClS. The highest BCUT2D eigenvalue weighted by Gasteiger charge is 1.85. The Bertz CT molecular complexity index is 88.0. The van der Waals surface area contributed by atoms with E-state index in [2.05, 4.69) is 24.5 Å². The van der Waals surface area contributed by atoms with Gasteiger partial charge in [-0.05, 0) is 16.9 Å². The van der Waals surface area contributed by atoms with E-state index in [4.69, 9.17) is 11.6 Å². The molecule has 0 aliphatic heterocycles. The zero-order chi connectivity index (χ0) is 5.70. The molecule has 0 amide bonds. The summed E-state index contributed by atoms with van der Waals surface area (Å²) in [5.74, 6) is 0. The summed E-state index contributed by atoms with van der Waals surface area (Å²) in [4.78, 5) is 0. The van der Waals surface area contributed by atoms with Crippen LogP contribution < -0.4 is 0 Å². The second-order valence-corrected chi connectivity index (χ2v) is 2.93. The Morgan fingerprint density at radius 1 is 1.57 bits per heavy atom. The van der Waals surface area contributed by atoms with Crippen LogP contribution in [-0.2, 0) is 0 Å². The molecule has 7 heavy (non-hydrogen) atoms. The van der Waals surface area contributed by atoms with Crippen LogP contribution in [0.25, 0.3) is 0 Å². The first-order valence-corrected chi connectivity index (χ1v) is 3.29. The summed E-state index contributed by atoms with van der Waals surface area (Å²) >= 11 is 6.60. The van der Waals surface area contributed by atoms with E-state index in [1.807, 2.05) is 0 Å². The average molecular weight is 135 g/mol. The van der Waals surface area contributed by atoms with Crippen LogP contribution in [0.5, 0.6) is 0 Å². The van der Waals surface area contributed by atoms with Gasteiger partial charge in [0.1, 0.15) is 0 Å². The third-order valence-corrected chi connectivity index (χ3v) is 1.23. The van der Waals surface area contributed by atoms with E-state index in [-0.39, 0.29) is 0 Å². The Labute approximate surface area is 53.6 Å². The van der Waals surface area contributed by atoms with Gasteiger partial charge in [0.05, 0.1) is 0 Å². The van der Waals surface area contributed by atoms with Crippen molar-refractivity contribution in [2.24, 2.45) is 0 Å². The van der Waals surface area contributed by atoms with Gasteiger partial charge in [-0.3, -0.25) is 0 Å². The SMILES string of the molecule is CC(C)SC#CCl. The topological polar surface area (TPSA) is 0 Å². The lowest BCUT2D eigenvalue weighted by Gasteiger charge is -1.90. The largest absolute Gasteiger partial charge is 0.0710 e. The molecule has 0 radical (unpaired) electrons. The maximum atomic E-state index is 5.06. The molecule has 0 aliphatic rings. The molecule has 0 saturated heterocycles. The zero-order valence-electron chi connectivity index (χ0n) is 4.36. The fraction of sp³-hybridized carbons (Fsp3) is 0.600. The maximum Gasteiger partial charge on any atom is 0.0162 e. The Morgan fingerprint density at radius 3 is 2.29 bits per heavy atom. The molecule has 0 unspecified atom stereocenters. The smallest absolute Gasteiger partial charge is 0.0162 e. The maximum absolute atomic E-state index is 5.06. The van der Waals surface area contributed by atoms with E-state index in [1.165, 1.54) is 11.8 Å². The number of rotatable bonds is 1. The van der Waals surface area contributed by atoms with Crippen LogP contribution in [0.15, 0.2) is 0 Å². The van der Waals surface area contributed by atoms with Gasteiger partial charge >= 0.3 is 0 Å². The van der Waals surface area contributed by atoms with Crippen LogP contribution in [0.1, 0.15) is 13.8 Å². The predicted octanol–water partition coefficient (Wildman–Crippen LogP) is 2.29. The van der Waals surface area contributed by atoms with Gasteiger partial charge in [-0.1, -0.05) is 25.6 Å². The van der Waals surface area contributed by atoms with E-state index in [0.717, 1.165) is 0 Å². The molecule has 0 aliphatic carbocycles. The first kappa shape index (κ1) is 7.20. The monoisotopic (exact) mass is 134 g/mol. The number of hydrogen-bond donors (Lipinski definition) is 0. The van der Waals surface area contributed by atoms with Crippen LogP contribution in [0.4, 0.5) is 0 Å². The average Bonchev–Trinajstić information content (AvgIpc) is 1.61. The third-order valence-electron chi connectivity index (χ3n) is 0.333. The molecule has 0 saturated carbocycles. The van der Waals surface area contributed by atoms with Crippen LogP contribution in [0.2, 0.25) is 0 Å². The van der Waals surface area contributed by atoms with Crippen molar-refractivity contribution >= 4 is 23.4 Å². The van der Waals surface area contributed by atoms with Gasteiger partial charge in [0, 0.05) is 10.6 Å². The fourth-order valence-electron chi connectivity index (χ4n) is 0.140. The van der Waals surface area contributed by atoms with Crippen molar-refractivity contribution in [1.82, 2.24) is 0 Å². The van der Waals surface area contributed by atoms with Crippen molar-refractivity contribution in [2.45, 2.75) is 19.1 Å². The minimum atomic E-state index is 0.561. The molecule has 0 rings (SSSR count). The van der Waals surface area contributed by atoms with E-state index in [9.17, 15) is 0 Å². The molecule has 0 nitrogen and oxygen atoms in total. The van der Waals surface area contributed by atoms with E-state index in [0.29, 0.717) is 5.25 Å².